The van der Waals surface area contributed by atoms with Crippen LogP contribution in [0.2, 0.25) is 0 Å². The first kappa shape index (κ1) is 13.4. The minimum absolute atomic E-state index is 0.140. The molecular formula is C15H20ClNO. The maximum atomic E-state index is 12.4. The Morgan fingerprint density at radius 2 is 2.17 bits per heavy atom. The van der Waals surface area contributed by atoms with Crippen molar-refractivity contribution in [2.75, 3.05) is 13.1 Å². The van der Waals surface area contributed by atoms with Gasteiger partial charge in [0.1, 0.15) is 0 Å². The van der Waals surface area contributed by atoms with Crippen LogP contribution in [0.15, 0.2) is 24.3 Å². The molecule has 1 aliphatic rings. The fourth-order valence-corrected chi connectivity index (χ4v) is 2.58. The number of benzene rings is 1. The third-order valence-electron chi connectivity index (χ3n) is 3.95. The Labute approximate surface area is 114 Å². The lowest BCUT2D eigenvalue weighted by atomic mass is 9.88. The molecule has 0 bridgehead atoms. The molecule has 2 atom stereocenters. The summed E-state index contributed by atoms with van der Waals surface area (Å²) in [6, 6.07) is 7.63. The second-order valence-electron chi connectivity index (χ2n) is 5.33. The third-order valence-corrected chi connectivity index (χ3v) is 4.26. The van der Waals surface area contributed by atoms with Crippen LogP contribution in [0, 0.1) is 11.8 Å². The number of nitrogens with zero attached hydrogens (tertiary/aromatic N) is 1. The molecule has 1 fully saturated rings. The van der Waals surface area contributed by atoms with E-state index in [0.717, 1.165) is 30.6 Å². The molecule has 0 aromatic heterocycles. The summed E-state index contributed by atoms with van der Waals surface area (Å²) < 4.78 is 0. The van der Waals surface area contributed by atoms with E-state index in [4.69, 9.17) is 11.6 Å². The molecule has 1 amide bonds. The van der Waals surface area contributed by atoms with E-state index < -0.39 is 0 Å². The van der Waals surface area contributed by atoms with Crippen LogP contribution in [-0.2, 0) is 5.88 Å². The van der Waals surface area contributed by atoms with E-state index in [1.165, 1.54) is 0 Å². The Morgan fingerprint density at radius 1 is 1.39 bits per heavy atom. The van der Waals surface area contributed by atoms with Crippen LogP contribution in [-0.4, -0.2) is 23.9 Å². The lowest BCUT2D eigenvalue weighted by Crippen LogP contribution is -2.42. The molecule has 0 aliphatic carbocycles. The van der Waals surface area contributed by atoms with Gasteiger partial charge in [-0.15, -0.1) is 11.6 Å². The number of hydrogen-bond acceptors (Lipinski definition) is 1. The first-order chi connectivity index (χ1) is 8.61. The summed E-state index contributed by atoms with van der Waals surface area (Å²) in [7, 11) is 0. The average molecular weight is 266 g/mol. The fraction of sp³-hybridized carbons (Fsp3) is 0.533. The van der Waals surface area contributed by atoms with Crippen molar-refractivity contribution in [2.24, 2.45) is 11.8 Å². The van der Waals surface area contributed by atoms with E-state index in [9.17, 15) is 4.79 Å². The van der Waals surface area contributed by atoms with E-state index in [1.54, 1.807) is 0 Å². The van der Waals surface area contributed by atoms with Gasteiger partial charge in [-0.25, -0.2) is 0 Å². The summed E-state index contributed by atoms with van der Waals surface area (Å²) in [6.07, 6.45) is 1.10. The summed E-state index contributed by atoms with van der Waals surface area (Å²) in [5, 5.41) is 0. The van der Waals surface area contributed by atoms with Crippen molar-refractivity contribution >= 4 is 17.5 Å². The van der Waals surface area contributed by atoms with E-state index in [1.807, 2.05) is 29.2 Å². The molecule has 3 heteroatoms. The molecule has 0 saturated carbocycles. The topological polar surface area (TPSA) is 20.3 Å². The zero-order valence-corrected chi connectivity index (χ0v) is 11.8. The molecule has 1 heterocycles. The molecule has 2 rings (SSSR count). The molecule has 1 saturated heterocycles. The van der Waals surface area contributed by atoms with Gasteiger partial charge in [0.15, 0.2) is 0 Å². The molecule has 1 aromatic rings. The molecule has 18 heavy (non-hydrogen) atoms. The Bertz CT molecular complexity index is 432. The molecule has 1 aliphatic heterocycles. The maximum Gasteiger partial charge on any atom is 0.253 e. The normalized spacial score (nSPS) is 24.1. The lowest BCUT2D eigenvalue weighted by Gasteiger charge is -2.35. The van der Waals surface area contributed by atoms with E-state index in [-0.39, 0.29) is 5.91 Å². The van der Waals surface area contributed by atoms with Crippen LogP contribution in [0.4, 0.5) is 0 Å². The summed E-state index contributed by atoms with van der Waals surface area (Å²) >= 11 is 5.81. The van der Waals surface area contributed by atoms with Crippen molar-refractivity contribution in [1.29, 1.82) is 0 Å². The van der Waals surface area contributed by atoms with Gasteiger partial charge in [0.05, 0.1) is 0 Å². The summed E-state index contributed by atoms with van der Waals surface area (Å²) in [5.41, 5.74) is 1.76. The smallest absolute Gasteiger partial charge is 0.253 e. The SMILES string of the molecule is CC1CCN(C(=O)c2cccc(CCl)c2)CC1C. The highest BCUT2D eigenvalue weighted by Crippen LogP contribution is 2.23. The predicted octanol–water partition coefficient (Wildman–Crippen LogP) is 3.54. The van der Waals surface area contributed by atoms with Crippen LogP contribution in [0.5, 0.6) is 0 Å². The van der Waals surface area contributed by atoms with Crippen molar-refractivity contribution in [3.63, 3.8) is 0 Å². The van der Waals surface area contributed by atoms with E-state index in [0.29, 0.717) is 17.7 Å². The molecule has 0 radical (unpaired) electrons. The molecule has 0 spiro atoms. The molecule has 2 unspecified atom stereocenters. The predicted molar refractivity (Wildman–Crippen MR) is 74.8 cm³/mol. The Balaban J connectivity index is 2.11. The molecular weight excluding hydrogens is 246 g/mol. The number of halogens is 1. The van der Waals surface area contributed by atoms with Crippen molar-refractivity contribution in [3.8, 4) is 0 Å². The number of rotatable bonds is 2. The zero-order chi connectivity index (χ0) is 13.1. The van der Waals surface area contributed by atoms with Crippen LogP contribution >= 0.6 is 11.6 Å². The highest BCUT2D eigenvalue weighted by molar-refractivity contribution is 6.17. The number of hydrogen-bond donors (Lipinski definition) is 0. The van der Waals surface area contributed by atoms with Gasteiger partial charge < -0.3 is 4.90 Å². The second-order valence-corrected chi connectivity index (χ2v) is 5.60. The Morgan fingerprint density at radius 3 is 2.83 bits per heavy atom. The molecule has 0 N–H and O–H groups in total. The standard InChI is InChI=1S/C15H20ClNO/c1-11-6-7-17(10-12(11)2)15(18)14-5-3-4-13(8-14)9-16/h3-5,8,11-12H,6-7,9-10H2,1-2H3. The van der Waals surface area contributed by atoms with Crippen molar-refractivity contribution in [1.82, 2.24) is 4.90 Å². The van der Waals surface area contributed by atoms with Gasteiger partial charge in [-0.3, -0.25) is 4.79 Å². The second kappa shape index (κ2) is 5.75. The van der Waals surface area contributed by atoms with Crippen molar-refractivity contribution in [2.45, 2.75) is 26.1 Å². The number of likely N-dealkylation sites (tertiary alicyclic amines) is 1. The fourth-order valence-electron chi connectivity index (χ4n) is 2.42. The number of piperidine rings is 1. The van der Waals surface area contributed by atoms with Crippen molar-refractivity contribution in [3.05, 3.63) is 35.4 Å². The summed E-state index contributed by atoms with van der Waals surface area (Å²) in [5.74, 6) is 1.89. The highest BCUT2D eigenvalue weighted by Gasteiger charge is 2.26. The number of carbonyl (C=O) groups excluding carboxylic acids is 1. The van der Waals surface area contributed by atoms with Gasteiger partial charge in [0.2, 0.25) is 0 Å². The van der Waals surface area contributed by atoms with Gasteiger partial charge in [0, 0.05) is 24.5 Å². The Hall–Kier alpha value is -1.02. The van der Waals surface area contributed by atoms with Crippen LogP contribution in [0.25, 0.3) is 0 Å². The monoisotopic (exact) mass is 265 g/mol. The number of alkyl halides is 1. The number of carbonyl (C=O) groups is 1. The van der Waals surface area contributed by atoms with Gasteiger partial charge in [-0.1, -0.05) is 26.0 Å². The Kier molecular flexibility index (Phi) is 4.28. The first-order valence-electron chi connectivity index (χ1n) is 6.56. The third kappa shape index (κ3) is 2.86. The van der Waals surface area contributed by atoms with Crippen molar-refractivity contribution < 1.29 is 4.79 Å². The van der Waals surface area contributed by atoms with Gasteiger partial charge in [-0.2, -0.15) is 0 Å². The summed E-state index contributed by atoms with van der Waals surface area (Å²) in [4.78, 5) is 14.4. The minimum atomic E-state index is 0.140. The quantitative estimate of drug-likeness (QED) is 0.749. The largest absolute Gasteiger partial charge is 0.338 e. The summed E-state index contributed by atoms with van der Waals surface area (Å²) in [6.45, 7) is 6.22. The molecule has 1 aromatic carbocycles. The average Bonchev–Trinajstić information content (AvgIpc) is 2.41. The van der Waals surface area contributed by atoms with Crippen LogP contribution < -0.4 is 0 Å². The first-order valence-corrected chi connectivity index (χ1v) is 7.09. The van der Waals surface area contributed by atoms with Crippen LogP contribution in [0.3, 0.4) is 0 Å². The van der Waals surface area contributed by atoms with Gasteiger partial charge in [-0.05, 0) is 36.0 Å². The minimum Gasteiger partial charge on any atom is -0.338 e. The molecule has 2 nitrogen and oxygen atoms in total. The van der Waals surface area contributed by atoms with Gasteiger partial charge in [0.25, 0.3) is 5.91 Å². The van der Waals surface area contributed by atoms with E-state index >= 15 is 0 Å². The lowest BCUT2D eigenvalue weighted by molar-refractivity contribution is 0.0627. The van der Waals surface area contributed by atoms with Gasteiger partial charge >= 0.3 is 0 Å². The zero-order valence-electron chi connectivity index (χ0n) is 11.0. The number of amides is 1. The maximum absolute atomic E-state index is 12.4. The van der Waals surface area contributed by atoms with E-state index in [2.05, 4.69) is 13.8 Å². The van der Waals surface area contributed by atoms with Crippen LogP contribution in [0.1, 0.15) is 36.2 Å². The highest BCUT2D eigenvalue weighted by atomic mass is 35.5. The molecule has 98 valence electrons.